The Hall–Kier alpha value is -1.10. The zero-order valence-corrected chi connectivity index (χ0v) is 18.1. The average Bonchev–Trinajstić information content (AvgIpc) is 2.69. The van der Waals surface area contributed by atoms with E-state index in [2.05, 4.69) is 60.2 Å². The van der Waals surface area contributed by atoms with Crippen molar-refractivity contribution in [1.29, 1.82) is 0 Å². The van der Waals surface area contributed by atoms with E-state index >= 15 is 0 Å². The molecule has 2 rings (SSSR count). The summed E-state index contributed by atoms with van der Waals surface area (Å²) >= 11 is 0. The molecule has 0 aromatic heterocycles. The first kappa shape index (κ1) is 24.9. The van der Waals surface area contributed by atoms with E-state index in [1.807, 2.05) is 20.9 Å². The van der Waals surface area contributed by atoms with Crippen LogP contribution in [0.3, 0.4) is 0 Å². The third kappa shape index (κ3) is 10.8. The quantitative estimate of drug-likeness (QED) is 0.766. The molecule has 1 aromatic rings. The van der Waals surface area contributed by atoms with E-state index in [1.165, 1.54) is 30.9 Å². The molecule has 4 nitrogen and oxygen atoms in total. The summed E-state index contributed by atoms with van der Waals surface area (Å²) in [7, 11) is 1.98. The van der Waals surface area contributed by atoms with Crippen LogP contribution in [0, 0.1) is 5.92 Å². The van der Waals surface area contributed by atoms with Gasteiger partial charge in [-0.05, 0) is 50.0 Å². The first-order valence-electron chi connectivity index (χ1n) is 10.4. The van der Waals surface area contributed by atoms with E-state index < -0.39 is 0 Å². The number of benzene rings is 1. The number of aliphatic hydroxyl groups is 1. The molecular weight excluding hydrogens is 322 g/mol. The SMILES string of the molecule is CC.CC(C)CCCO.CCN1CCN(c2ccc(CNC)cc2)CC1. The Morgan fingerprint density at radius 3 is 2.00 bits per heavy atom. The molecule has 0 saturated carbocycles. The molecule has 4 heteroatoms. The van der Waals surface area contributed by atoms with Gasteiger partial charge >= 0.3 is 0 Å². The zero-order chi connectivity index (χ0) is 19.8. The molecule has 1 saturated heterocycles. The molecule has 152 valence electrons. The Morgan fingerprint density at radius 2 is 1.62 bits per heavy atom. The Bertz CT molecular complexity index is 412. The van der Waals surface area contributed by atoms with Crippen molar-refractivity contribution in [3.8, 4) is 0 Å². The minimum atomic E-state index is 0.345. The number of hydrogen-bond donors (Lipinski definition) is 2. The standard InChI is InChI=1S/C14H23N3.C6H14O.C2H6/c1-3-16-8-10-17(11-9-16)14-6-4-13(5-7-14)12-15-2;1-6(2)4-3-5-7;1-2/h4-7,15H,3,8-12H2,1-2H3;6-7H,3-5H2,1-2H3;1-2H3. The van der Waals surface area contributed by atoms with Gasteiger partial charge in [0.05, 0.1) is 0 Å². The molecule has 0 unspecified atom stereocenters. The summed E-state index contributed by atoms with van der Waals surface area (Å²) in [4.78, 5) is 4.99. The van der Waals surface area contributed by atoms with Gasteiger partial charge in [-0.15, -0.1) is 0 Å². The number of hydrogen-bond acceptors (Lipinski definition) is 4. The first-order chi connectivity index (χ1) is 12.6. The molecule has 1 heterocycles. The molecule has 2 N–H and O–H groups in total. The van der Waals surface area contributed by atoms with Gasteiger partial charge in [-0.1, -0.05) is 46.8 Å². The van der Waals surface area contributed by atoms with Crippen LogP contribution in [-0.4, -0.2) is 56.4 Å². The Morgan fingerprint density at radius 1 is 1.04 bits per heavy atom. The second-order valence-corrected chi connectivity index (χ2v) is 6.88. The maximum absolute atomic E-state index is 8.32. The molecule has 0 amide bonds. The van der Waals surface area contributed by atoms with Gasteiger partial charge in [0.1, 0.15) is 0 Å². The normalized spacial score (nSPS) is 14.4. The third-order valence-corrected chi connectivity index (χ3v) is 4.44. The lowest BCUT2D eigenvalue weighted by Gasteiger charge is -2.35. The minimum absolute atomic E-state index is 0.345. The molecule has 26 heavy (non-hydrogen) atoms. The summed E-state index contributed by atoms with van der Waals surface area (Å²) in [5.41, 5.74) is 2.71. The highest BCUT2D eigenvalue weighted by Crippen LogP contribution is 2.17. The summed E-state index contributed by atoms with van der Waals surface area (Å²) in [5.74, 6) is 0.743. The maximum atomic E-state index is 8.32. The summed E-state index contributed by atoms with van der Waals surface area (Å²) in [5, 5.41) is 11.5. The highest BCUT2D eigenvalue weighted by molar-refractivity contribution is 5.48. The Kier molecular flexibility index (Phi) is 15.4. The van der Waals surface area contributed by atoms with Gasteiger partial charge in [0.2, 0.25) is 0 Å². The number of nitrogens with one attached hydrogen (secondary N) is 1. The lowest BCUT2D eigenvalue weighted by atomic mass is 10.1. The van der Waals surface area contributed by atoms with Crippen LogP contribution >= 0.6 is 0 Å². The minimum Gasteiger partial charge on any atom is -0.396 e. The van der Waals surface area contributed by atoms with Crippen LogP contribution in [0.4, 0.5) is 5.69 Å². The second kappa shape index (κ2) is 16.1. The molecular formula is C22H43N3O. The summed E-state index contributed by atoms with van der Waals surface area (Å²) in [6, 6.07) is 8.93. The smallest absolute Gasteiger partial charge is 0.0431 e. The van der Waals surface area contributed by atoms with E-state index in [0.29, 0.717) is 6.61 Å². The molecule has 0 atom stereocenters. The summed E-state index contributed by atoms with van der Waals surface area (Å²) in [6.07, 6.45) is 2.11. The first-order valence-corrected chi connectivity index (χ1v) is 10.4. The van der Waals surface area contributed by atoms with Crippen LogP contribution in [0.25, 0.3) is 0 Å². The van der Waals surface area contributed by atoms with Gasteiger partial charge in [-0.2, -0.15) is 0 Å². The van der Waals surface area contributed by atoms with Gasteiger partial charge in [0.15, 0.2) is 0 Å². The monoisotopic (exact) mass is 365 g/mol. The predicted molar refractivity (Wildman–Crippen MR) is 116 cm³/mol. The highest BCUT2D eigenvalue weighted by Gasteiger charge is 2.15. The van der Waals surface area contributed by atoms with Crippen LogP contribution in [-0.2, 0) is 6.54 Å². The van der Waals surface area contributed by atoms with E-state index in [9.17, 15) is 0 Å². The molecule has 1 aliphatic heterocycles. The van der Waals surface area contributed by atoms with E-state index in [1.54, 1.807) is 0 Å². The fourth-order valence-corrected chi connectivity index (χ4v) is 2.85. The average molecular weight is 366 g/mol. The van der Waals surface area contributed by atoms with Gasteiger partial charge in [-0.3, -0.25) is 0 Å². The van der Waals surface area contributed by atoms with Crippen LogP contribution in [0.5, 0.6) is 0 Å². The molecule has 0 aliphatic carbocycles. The van der Waals surface area contributed by atoms with Crippen molar-refractivity contribution in [2.75, 3.05) is 51.3 Å². The molecule has 0 bridgehead atoms. The number of nitrogens with zero attached hydrogens (tertiary/aromatic N) is 2. The highest BCUT2D eigenvalue weighted by atomic mass is 16.2. The molecule has 1 aromatic carbocycles. The largest absolute Gasteiger partial charge is 0.396 e. The van der Waals surface area contributed by atoms with Crippen LogP contribution in [0.2, 0.25) is 0 Å². The fourth-order valence-electron chi connectivity index (χ4n) is 2.85. The van der Waals surface area contributed by atoms with Gasteiger partial charge in [-0.25, -0.2) is 0 Å². The predicted octanol–water partition coefficient (Wildman–Crippen LogP) is 3.99. The third-order valence-electron chi connectivity index (χ3n) is 4.44. The lowest BCUT2D eigenvalue weighted by molar-refractivity contribution is 0.271. The Balaban J connectivity index is 0.000000589. The second-order valence-electron chi connectivity index (χ2n) is 6.88. The van der Waals surface area contributed by atoms with Crippen molar-refractivity contribution in [2.24, 2.45) is 5.92 Å². The number of rotatable bonds is 7. The molecule has 0 radical (unpaired) electrons. The van der Waals surface area contributed by atoms with E-state index in [-0.39, 0.29) is 0 Å². The Labute approximate surface area is 162 Å². The lowest BCUT2D eigenvalue weighted by Crippen LogP contribution is -2.46. The zero-order valence-electron chi connectivity index (χ0n) is 18.1. The van der Waals surface area contributed by atoms with Gasteiger partial charge < -0.3 is 20.2 Å². The topological polar surface area (TPSA) is 38.7 Å². The number of aliphatic hydroxyl groups excluding tert-OH is 1. The fraction of sp³-hybridized carbons (Fsp3) is 0.727. The van der Waals surface area contributed by atoms with Crippen molar-refractivity contribution >= 4 is 5.69 Å². The van der Waals surface area contributed by atoms with Crippen molar-refractivity contribution in [3.63, 3.8) is 0 Å². The van der Waals surface area contributed by atoms with E-state index in [4.69, 9.17) is 5.11 Å². The summed E-state index contributed by atoms with van der Waals surface area (Å²) in [6.45, 7) is 17.7. The molecule has 1 fully saturated rings. The van der Waals surface area contributed by atoms with E-state index in [0.717, 1.165) is 38.4 Å². The number of piperazine rings is 1. The maximum Gasteiger partial charge on any atom is 0.0431 e. The molecule has 0 spiro atoms. The van der Waals surface area contributed by atoms with Crippen LogP contribution < -0.4 is 10.2 Å². The van der Waals surface area contributed by atoms with Crippen molar-refractivity contribution in [3.05, 3.63) is 29.8 Å². The van der Waals surface area contributed by atoms with Gasteiger partial charge in [0, 0.05) is 45.0 Å². The van der Waals surface area contributed by atoms with Gasteiger partial charge in [0.25, 0.3) is 0 Å². The van der Waals surface area contributed by atoms with Crippen molar-refractivity contribution in [1.82, 2.24) is 10.2 Å². The number of likely N-dealkylation sites (N-methyl/N-ethyl adjacent to an activating group) is 1. The summed E-state index contributed by atoms with van der Waals surface area (Å²) < 4.78 is 0. The van der Waals surface area contributed by atoms with Crippen molar-refractivity contribution < 1.29 is 5.11 Å². The number of anilines is 1. The van der Waals surface area contributed by atoms with Crippen LogP contribution in [0.15, 0.2) is 24.3 Å². The van der Waals surface area contributed by atoms with Crippen LogP contribution in [0.1, 0.15) is 53.0 Å². The van der Waals surface area contributed by atoms with Crippen molar-refractivity contribution in [2.45, 2.75) is 54.0 Å². The molecule has 1 aliphatic rings.